The summed E-state index contributed by atoms with van der Waals surface area (Å²) in [6, 6.07) is 42.2. The molecule has 246 valence electrons. The summed E-state index contributed by atoms with van der Waals surface area (Å²) >= 11 is 0. The molecule has 2 aliphatic heterocycles. The lowest BCUT2D eigenvalue weighted by Crippen LogP contribution is -2.30. The molecule has 0 saturated heterocycles. The molecule has 6 aromatic rings. The minimum absolute atomic E-state index is 0.177. The summed E-state index contributed by atoms with van der Waals surface area (Å²) in [5.74, 6) is 0. The molecule has 0 unspecified atom stereocenters. The Hall–Kier alpha value is -6.28. The molecule has 2 aliphatic rings. The van der Waals surface area contributed by atoms with Crippen LogP contribution in [0.3, 0.4) is 0 Å². The molecule has 0 saturated carbocycles. The van der Waals surface area contributed by atoms with Gasteiger partial charge in [-0.15, -0.1) is 0 Å². The van der Waals surface area contributed by atoms with Crippen molar-refractivity contribution in [3.05, 3.63) is 176 Å². The lowest BCUT2D eigenvalue weighted by Gasteiger charge is -2.42. The fourth-order valence-electron chi connectivity index (χ4n) is 7.97. The molecule has 8 heteroatoms. The molecule has 50 heavy (non-hydrogen) atoms. The van der Waals surface area contributed by atoms with Gasteiger partial charge in [-0.25, -0.2) is 0 Å². The Morgan fingerprint density at radius 1 is 0.440 bits per heavy atom. The predicted octanol–water partition coefficient (Wildman–Crippen LogP) is 11.4. The van der Waals surface area contributed by atoms with Crippen LogP contribution in [0.2, 0.25) is 0 Å². The lowest BCUT2D eigenvalue weighted by atomic mass is 9.73. The summed E-state index contributed by atoms with van der Waals surface area (Å²) in [5, 5.41) is 25.5. The third-order valence-electron chi connectivity index (χ3n) is 10.4. The summed E-state index contributed by atoms with van der Waals surface area (Å²) in [4.78, 5) is 28.7. The van der Waals surface area contributed by atoms with Crippen LogP contribution in [0.15, 0.2) is 133 Å². The summed E-state index contributed by atoms with van der Waals surface area (Å²) in [6.45, 7) is 8.72. The third kappa shape index (κ3) is 4.52. The molecule has 8 nitrogen and oxygen atoms in total. The van der Waals surface area contributed by atoms with E-state index in [1.807, 2.05) is 94.7 Å². The van der Waals surface area contributed by atoms with Gasteiger partial charge in [0.2, 0.25) is 0 Å². The van der Waals surface area contributed by atoms with Crippen LogP contribution < -0.4 is 9.80 Å². The molecule has 0 N–H and O–H groups in total. The van der Waals surface area contributed by atoms with Crippen LogP contribution in [0.5, 0.6) is 0 Å². The first kappa shape index (κ1) is 31.0. The molecule has 6 aromatic carbocycles. The van der Waals surface area contributed by atoms with E-state index in [-0.39, 0.29) is 33.3 Å². The van der Waals surface area contributed by atoms with Crippen molar-refractivity contribution in [3.63, 3.8) is 0 Å². The number of benzene rings is 6. The average molecular weight is 659 g/mol. The van der Waals surface area contributed by atoms with Crippen molar-refractivity contribution in [1.29, 1.82) is 0 Å². The third-order valence-corrected chi connectivity index (χ3v) is 10.4. The van der Waals surface area contributed by atoms with Crippen LogP contribution in [-0.2, 0) is 10.8 Å². The second-order valence-corrected chi connectivity index (χ2v) is 13.9. The Morgan fingerprint density at radius 2 is 0.720 bits per heavy atom. The number of fused-ring (bicyclic) bond motifs is 4. The maximum Gasteiger partial charge on any atom is 0.279 e. The van der Waals surface area contributed by atoms with Crippen molar-refractivity contribution in [2.45, 2.75) is 38.5 Å². The molecular formula is C42H34N4O4. The predicted molar refractivity (Wildman–Crippen MR) is 199 cm³/mol. The van der Waals surface area contributed by atoms with Gasteiger partial charge in [-0.1, -0.05) is 100 Å². The van der Waals surface area contributed by atoms with Crippen LogP contribution >= 0.6 is 0 Å². The van der Waals surface area contributed by atoms with E-state index in [1.54, 1.807) is 12.1 Å². The molecule has 0 bridgehead atoms. The standard InChI is InChI=1S/C42H34N4O4/c1-41(2)31-13-5-9-17-35(31)43(36-18-10-6-14-32(36)41)27-21-23-29(39(25-27)45(47)48)30-24-22-28(26-40(30)46(49)50)44-37-19-11-7-15-33(37)42(3,4)34-16-8-12-20-38(34)44/h5-26H,1-4H3. The quantitative estimate of drug-likeness (QED) is 0.135. The molecule has 0 atom stereocenters. The fraction of sp³-hybridized carbons (Fsp3) is 0.143. The normalized spacial score (nSPS) is 15.0. The van der Waals surface area contributed by atoms with Gasteiger partial charge < -0.3 is 9.80 Å². The van der Waals surface area contributed by atoms with Crippen molar-refractivity contribution in [1.82, 2.24) is 0 Å². The highest BCUT2D eigenvalue weighted by molar-refractivity contribution is 5.92. The van der Waals surface area contributed by atoms with Gasteiger partial charge in [-0.3, -0.25) is 20.2 Å². The van der Waals surface area contributed by atoms with Crippen molar-refractivity contribution in [3.8, 4) is 11.1 Å². The van der Waals surface area contributed by atoms with Gasteiger partial charge in [0.25, 0.3) is 11.4 Å². The summed E-state index contributed by atoms with van der Waals surface area (Å²) in [5.41, 5.74) is 8.65. The number of anilines is 6. The number of nitro groups is 2. The van der Waals surface area contributed by atoms with Gasteiger partial charge in [0.05, 0.1) is 55.1 Å². The maximum atomic E-state index is 12.8. The average Bonchev–Trinajstić information content (AvgIpc) is 3.12. The number of rotatable bonds is 5. The maximum absolute atomic E-state index is 12.8. The van der Waals surface area contributed by atoms with Crippen molar-refractivity contribution in [2.24, 2.45) is 0 Å². The van der Waals surface area contributed by atoms with Gasteiger partial charge in [0, 0.05) is 23.0 Å². The van der Waals surface area contributed by atoms with Crippen LogP contribution in [0.25, 0.3) is 11.1 Å². The molecular weight excluding hydrogens is 624 g/mol. The smallest absolute Gasteiger partial charge is 0.279 e. The summed E-state index contributed by atoms with van der Waals surface area (Å²) in [7, 11) is 0. The first-order valence-electron chi connectivity index (χ1n) is 16.6. The number of nitro benzene ring substituents is 2. The van der Waals surface area contributed by atoms with Gasteiger partial charge in [0.15, 0.2) is 0 Å². The number of hydrogen-bond donors (Lipinski definition) is 0. The largest absolute Gasteiger partial charge is 0.310 e. The van der Waals surface area contributed by atoms with Gasteiger partial charge in [-0.2, -0.15) is 0 Å². The molecule has 0 amide bonds. The van der Waals surface area contributed by atoms with E-state index in [0.29, 0.717) is 11.4 Å². The molecule has 0 spiro atoms. The van der Waals surface area contributed by atoms with Gasteiger partial charge in [-0.05, 0) is 70.8 Å². The SMILES string of the molecule is CC1(C)c2ccccc2N(c2ccc(-c3ccc(N4c5ccccc5C(C)(C)c5ccccc54)cc3[N+](=O)[O-])c([N+](=O)[O-])c2)c2ccccc21. The zero-order chi connectivity index (χ0) is 34.9. The van der Waals surface area contributed by atoms with Gasteiger partial charge in [0.1, 0.15) is 0 Å². The highest BCUT2D eigenvalue weighted by Gasteiger charge is 2.39. The molecule has 0 radical (unpaired) electrons. The number of hydrogen-bond acceptors (Lipinski definition) is 6. The van der Waals surface area contributed by atoms with Crippen molar-refractivity contribution < 1.29 is 9.85 Å². The Balaban J connectivity index is 1.28. The van der Waals surface area contributed by atoms with Crippen molar-refractivity contribution >= 4 is 45.5 Å². The molecule has 2 heterocycles. The Bertz CT molecular complexity index is 2120. The van der Waals surface area contributed by atoms with E-state index in [1.165, 1.54) is 12.1 Å². The van der Waals surface area contributed by atoms with Crippen LogP contribution in [-0.4, -0.2) is 9.85 Å². The summed E-state index contributed by atoms with van der Waals surface area (Å²) < 4.78 is 0. The monoisotopic (exact) mass is 658 g/mol. The fourth-order valence-corrected chi connectivity index (χ4v) is 7.97. The van der Waals surface area contributed by atoms with E-state index < -0.39 is 9.85 Å². The molecule has 0 aromatic heterocycles. The van der Waals surface area contributed by atoms with Crippen LogP contribution in [0.1, 0.15) is 49.9 Å². The zero-order valence-electron chi connectivity index (χ0n) is 28.1. The zero-order valence-corrected chi connectivity index (χ0v) is 28.1. The minimum atomic E-state index is -0.457. The van der Waals surface area contributed by atoms with E-state index in [2.05, 4.69) is 52.0 Å². The number of para-hydroxylation sites is 4. The Labute approximate surface area is 290 Å². The molecule has 0 aliphatic carbocycles. The van der Waals surface area contributed by atoms with E-state index in [0.717, 1.165) is 45.0 Å². The van der Waals surface area contributed by atoms with Crippen molar-refractivity contribution in [2.75, 3.05) is 9.80 Å². The minimum Gasteiger partial charge on any atom is -0.310 e. The van der Waals surface area contributed by atoms with E-state index in [4.69, 9.17) is 0 Å². The number of nitrogens with zero attached hydrogens (tertiary/aromatic N) is 4. The van der Waals surface area contributed by atoms with E-state index >= 15 is 0 Å². The second-order valence-electron chi connectivity index (χ2n) is 13.9. The van der Waals surface area contributed by atoms with Crippen LogP contribution in [0.4, 0.5) is 45.5 Å². The molecule has 8 rings (SSSR count). The summed E-state index contributed by atoms with van der Waals surface area (Å²) in [6.07, 6.45) is 0. The highest BCUT2D eigenvalue weighted by Crippen LogP contribution is 2.54. The topological polar surface area (TPSA) is 92.8 Å². The first-order valence-corrected chi connectivity index (χ1v) is 16.6. The molecule has 0 fully saturated rings. The second kappa shape index (κ2) is 11.1. The lowest BCUT2D eigenvalue weighted by molar-refractivity contribution is -0.386. The first-order chi connectivity index (χ1) is 24.0. The van der Waals surface area contributed by atoms with E-state index in [9.17, 15) is 20.2 Å². The van der Waals surface area contributed by atoms with Crippen LogP contribution in [0, 0.1) is 20.2 Å². The Kier molecular flexibility index (Phi) is 6.91. The highest BCUT2D eigenvalue weighted by atomic mass is 16.6. The van der Waals surface area contributed by atoms with Gasteiger partial charge >= 0.3 is 0 Å². The Morgan fingerprint density at radius 3 is 1.00 bits per heavy atom.